The molecule has 2 aliphatic carbocycles. The standard InChI is InChI=1S/C25H27AsN2O/c29-25(18-7-2-1-3-8-18)28-23-16-24(27-22-12-5-4-11-21(22)23)26-20-14-13-17-9-6-10-19(17)15-20/h4-5,11-16,18,26H,1-3,6-10H2,(H,27,28,29). The molecule has 148 valence electrons. The van der Waals surface area contributed by atoms with Crippen molar-refractivity contribution in [2.45, 2.75) is 51.4 Å². The second-order valence-electron chi connectivity index (χ2n) is 8.36. The van der Waals surface area contributed by atoms with E-state index in [-0.39, 0.29) is 11.8 Å². The number of hydrogen-bond acceptors (Lipinski definition) is 2. The Bertz CT molecular complexity index is 1060. The predicted octanol–water partition coefficient (Wildman–Crippen LogP) is 3.63. The average Bonchev–Trinajstić information content (AvgIpc) is 3.22. The topological polar surface area (TPSA) is 42.0 Å². The number of para-hydroxylation sites is 1. The number of carbonyl (C=O) groups is 1. The Morgan fingerprint density at radius 3 is 2.66 bits per heavy atom. The molecule has 29 heavy (non-hydrogen) atoms. The summed E-state index contributed by atoms with van der Waals surface area (Å²) in [6.07, 6.45) is 9.36. The first-order chi connectivity index (χ1) is 14.3. The van der Waals surface area contributed by atoms with Crippen LogP contribution in [-0.2, 0) is 17.6 Å². The molecule has 1 unspecified atom stereocenters. The Hall–Kier alpha value is -2.12. The van der Waals surface area contributed by atoms with Crippen molar-refractivity contribution in [3.05, 3.63) is 59.7 Å². The van der Waals surface area contributed by atoms with Gasteiger partial charge in [0, 0.05) is 0 Å². The van der Waals surface area contributed by atoms with Gasteiger partial charge >= 0.3 is 179 Å². The number of amides is 1. The molecule has 3 nitrogen and oxygen atoms in total. The SMILES string of the molecule is O=C(Nc1cc([AsH]c2ccc3c(c2)CCC3)nc2ccccc12)C1CCCCC1. The number of carbonyl (C=O) groups excluding carboxylic acids is 1. The fourth-order valence-corrected chi connectivity index (χ4v) is 7.05. The summed E-state index contributed by atoms with van der Waals surface area (Å²) in [4.78, 5) is 17.8. The average molecular weight is 446 g/mol. The predicted molar refractivity (Wildman–Crippen MR) is 122 cm³/mol. The quantitative estimate of drug-likeness (QED) is 0.622. The second kappa shape index (κ2) is 8.32. The first-order valence-electron chi connectivity index (χ1n) is 10.9. The fraction of sp³-hybridized carbons (Fsp3) is 0.360. The van der Waals surface area contributed by atoms with Crippen LogP contribution in [0.5, 0.6) is 0 Å². The number of fused-ring (bicyclic) bond motifs is 2. The molecule has 1 fully saturated rings. The minimum absolute atomic E-state index is 0.159. The maximum absolute atomic E-state index is 12.9. The van der Waals surface area contributed by atoms with E-state index in [1.807, 2.05) is 12.1 Å². The van der Waals surface area contributed by atoms with E-state index < -0.39 is 15.8 Å². The molecular formula is C25H27AsN2O. The van der Waals surface area contributed by atoms with Crippen molar-refractivity contribution in [2.75, 3.05) is 5.32 Å². The van der Waals surface area contributed by atoms with Crippen LogP contribution in [0.15, 0.2) is 48.5 Å². The number of anilines is 1. The van der Waals surface area contributed by atoms with Crippen LogP contribution in [0.3, 0.4) is 0 Å². The molecule has 0 saturated heterocycles. The molecule has 0 radical (unpaired) electrons. The number of aryl methyl sites for hydroxylation is 2. The van der Waals surface area contributed by atoms with Crippen LogP contribution < -0.4 is 14.1 Å². The molecule has 1 N–H and O–H groups in total. The summed E-state index contributed by atoms with van der Waals surface area (Å²) < 4.78 is 2.57. The molecule has 1 amide bonds. The molecule has 1 heterocycles. The Kier molecular flexibility index (Phi) is 5.42. The van der Waals surface area contributed by atoms with Gasteiger partial charge in [0.15, 0.2) is 0 Å². The molecule has 1 saturated carbocycles. The van der Waals surface area contributed by atoms with Gasteiger partial charge in [-0.2, -0.15) is 0 Å². The number of rotatable bonds is 4. The van der Waals surface area contributed by atoms with E-state index in [9.17, 15) is 4.79 Å². The van der Waals surface area contributed by atoms with Gasteiger partial charge in [-0.15, -0.1) is 0 Å². The van der Waals surface area contributed by atoms with Gasteiger partial charge in [0.1, 0.15) is 0 Å². The van der Waals surface area contributed by atoms with Crippen LogP contribution in [0.1, 0.15) is 49.7 Å². The number of benzene rings is 2. The van der Waals surface area contributed by atoms with Crippen molar-refractivity contribution in [2.24, 2.45) is 5.92 Å². The van der Waals surface area contributed by atoms with Gasteiger partial charge < -0.3 is 0 Å². The summed E-state index contributed by atoms with van der Waals surface area (Å²) in [7, 11) is 0. The summed E-state index contributed by atoms with van der Waals surface area (Å²) in [5.41, 5.74) is 4.96. The van der Waals surface area contributed by atoms with Crippen molar-refractivity contribution in [1.29, 1.82) is 0 Å². The minimum atomic E-state index is -0.534. The molecule has 0 spiro atoms. The van der Waals surface area contributed by atoms with Crippen molar-refractivity contribution in [3.63, 3.8) is 0 Å². The van der Waals surface area contributed by atoms with E-state index in [0.717, 1.165) is 33.9 Å². The second-order valence-corrected chi connectivity index (χ2v) is 11.2. The molecule has 1 atom stereocenters. The zero-order chi connectivity index (χ0) is 19.6. The number of nitrogens with one attached hydrogen (secondary N) is 1. The van der Waals surface area contributed by atoms with Gasteiger partial charge in [-0.3, -0.25) is 0 Å². The van der Waals surface area contributed by atoms with Gasteiger partial charge in [-0.1, -0.05) is 0 Å². The van der Waals surface area contributed by atoms with E-state index >= 15 is 0 Å². The molecule has 5 rings (SSSR count). The normalized spacial score (nSPS) is 17.1. The van der Waals surface area contributed by atoms with Gasteiger partial charge in [0.25, 0.3) is 0 Å². The summed E-state index contributed by atoms with van der Waals surface area (Å²) in [6.45, 7) is 0. The van der Waals surface area contributed by atoms with E-state index in [0.29, 0.717) is 0 Å². The molecular weight excluding hydrogens is 419 g/mol. The molecule has 2 aliphatic rings. The number of aromatic nitrogens is 1. The first kappa shape index (κ1) is 18.9. The zero-order valence-corrected chi connectivity index (χ0v) is 18.8. The Morgan fingerprint density at radius 1 is 0.931 bits per heavy atom. The van der Waals surface area contributed by atoms with E-state index in [1.54, 1.807) is 0 Å². The molecule has 0 bridgehead atoms. The van der Waals surface area contributed by atoms with Crippen LogP contribution in [0.4, 0.5) is 5.69 Å². The molecule has 3 aromatic rings. The van der Waals surface area contributed by atoms with E-state index in [1.165, 1.54) is 54.0 Å². The first-order valence-corrected chi connectivity index (χ1v) is 13.0. The monoisotopic (exact) mass is 446 g/mol. The van der Waals surface area contributed by atoms with Crippen LogP contribution in [0, 0.1) is 5.92 Å². The number of nitrogens with zero attached hydrogens (tertiary/aromatic N) is 1. The third-order valence-corrected chi connectivity index (χ3v) is 8.65. The van der Waals surface area contributed by atoms with Crippen LogP contribution in [0.25, 0.3) is 10.9 Å². The Balaban J connectivity index is 1.44. The summed E-state index contributed by atoms with van der Waals surface area (Å²) >= 11 is -0.534. The summed E-state index contributed by atoms with van der Waals surface area (Å²) in [5, 5.41) is 4.31. The Labute approximate surface area is 179 Å². The van der Waals surface area contributed by atoms with Crippen LogP contribution in [-0.4, -0.2) is 26.6 Å². The number of pyridine rings is 1. The van der Waals surface area contributed by atoms with Crippen LogP contribution >= 0.6 is 0 Å². The van der Waals surface area contributed by atoms with Gasteiger partial charge in [-0.05, 0) is 0 Å². The number of hydrogen-bond donors (Lipinski definition) is 1. The fourth-order valence-electron chi connectivity index (χ4n) is 4.74. The van der Waals surface area contributed by atoms with Gasteiger partial charge in [0.05, 0.1) is 0 Å². The summed E-state index contributed by atoms with van der Waals surface area (Å²) in [6, 6.07) is 17.3. The molecule has 1 aromatic heterocycles. The van der Waals surface area contributed by atoms with Crippen molar-refractivity contribution < 1.29 is 4.79 Å². The molecule has 2 aromatic carbocycles. The third kappa shape index (κ3) is 4.12. The van der Waals surface area contributed by atoms with Crippen molar-refractivity contribution in [1.82, 2.24) is 4.98 Å². The Morgan fingerprint density at radius 2 is 1.76 bits per heavy atom. The zero-order valence-electron chi connectivity index (χ0n) is 16.7. The van der Waals surface area contributed by atoms with E-state index in [2.05, 4.69) is 41.7 Å². The molecule has 0 aliphatic heterocycles. The van der Waals surface area contributed by atoms with Gasteiger partial charge in [0.2, 0.25) is 0 Å². The summed E-state index contributed by atoms with van der Waals surface area (Å²) in [5.74, 6) is 0.344. The van der Waals surface area contributed by atoms with Crippen molar-refractivity contribution in [3.8, 4) is 0 Å². The maximum atomic E-state index is 12.9. The van der Waals surface area contributed by atoms with Crippen molar-refractivity contribution >= 4 is 47.1 Å². The third-order valence-electron chi connectivity index (χ3n) is 6.32. The van der Waals surface area contributed by atoms with Gasteiger partial charge in [-0.25, -0.2) is 0 Å². The van der Waals surface area contributed by atoms with E-state index in [4.69, 9.17) is 4.98 Å². The molecule has 4 heteroatoms. The van der Waals surface area contributed by atoms with Crippen LogP contribution in [0.2, 0.25) is 0 Å².